The Bertz CT molecular complexity index is 736. The Kier molecular flexibility index (Phi) is 3.34. The molecule has 4 nitrogen and oxygen atoms in total. The van der Waals surface area contributed by atoms with E-state index >= 15 is 0 Å². The molecule has 114 valence electrons. The van der Waals surface area contributed by atoms with Gasteiger partial charge in [-0.1, -0.05) is 24.3 Å². The number of para-hydroxylation sites is 1. The van der Waals surface area contributed by atoms with Crippen molar-refractivity contribution in [2.75, 3.05) is 19.3 Å². The molecule has 0 saturated carbocycles. The van der Waals surface area contributed by atoms with E-state index in [9.17, 15) is 0 Å². The Morgan fingerprint density at radius 3 is 2.23 bits per heavy atom. The van der Waals surface area contributed by atoms with Crippen LogP contribution in [0.25, 0.3) is 0 Å². The number of anilines is 1. The third kappa shape index (κ3) is 1.96. The van der Waals surface area contributed by atoms with Gasteiger partial charge in [0.05, 0.1) is 24.1 Å². The van der Waals surface area contributed by atoms with Crippen LogP contribution in [-0.4, -0.2) is 18.6 Å². The summed E-state index contributed by atoms with van der Waals surface area (Å²) in [5.41, 5.74) is 18.8. The lowest BCUT2D eigenvalue weighted by Crippen LogP contribution is -2.52. The van der Waals surface area contributed by atoms with Gasteiger partial charge in [0.15, 0.2) is 17.9 Å². The van der Waals surface area contributed by atoms with E-state index in [1.165, 1.54) is 0 Å². The molecule has 1 unspecified atom stereocenters. The number of hydrogen-bond acceptors (Lipinski definition) is 3. The zero-order chi connectivity index (χ0) is 15.9. The molecule has 0 saturated heterocycles. The van der Waals surface area contributed by atoms with Crippen molar-refractivity contribution in [3.63, 3.8) is 0 Å². The van der Waals surface area contributed by atoms with Gasteiger partial charge in [-0.3, -0.25) is 0 Å². The van der Waals surface area contributed by atoms with E-state index in [-0.39, 0.29) is 0 Å². The quantitative estimate of drug-likeness (QED) is 0.660. The highest BCUT2D eigenvalue weighted by molar-refractivity contribution is 5.72. The maximum atomic E-state index is 6.38. The van der Waals surface area contributed by atoms with Crippen LogP contribution in [0.4, 0.5) is 17.1 Å². The molecule has 1 heterocycles. The summed E-state index contributed by atoms with van der Waals surface area (Å²) in [6.07, 6.45) is 0. The van der Waals surface area contributed by atoms with E-state index in [1.54, 1.807) is 0 Å². The minimum Gasteiger partial charge on any atom is -0.396 e. The zero-order valence-electron chi connectivity index (χ0n) is 13.4. The first-order chi connectivity index (χ1) is 10.5. The lowest BCUT2D eigenvalue weighted by atomic mass is 10.1. The zero-order valence-corrected chi connectivity index (χ0v) is 13.4. The summed E-state index contributed by atoms with van der Waals surface area (Å²) >= 11 is 0. The number of nitrogen functional groups attached to an aromatic ring is 1. The molecule has 0 amide bonds. The number of nitrogens with two attached hydrogens (primary N) is 2. The Labute approximate surface area is 131 Å². The number of rotatable bonds is 2. The van der Waals surface area contributed by atoms with Crippen LogP contribution in [0.15, 0.2) is 59.9 Å². The highest BCUT2D eigenvalue weighted by atomic mass is 15.8. The lowest BCUT2D eigenvalue weighted by Gasteiger charge is -2.40. The standard InChI is InChI=1S/C18H23N4/c1-13-9-10-18(16(19)11-13)22(15-7-5-4-6-8-15)12-17(20)14(2)21(22)3/h4-11H,12,19-20H2,1-3H3/q+1. The predicted molar refractivity (Wildman–Crippen MR) is 93.0 cm³/mol. The smallest absolute Gasteiger partial charge is 0.186 e. The first-order valence-corrected chi connectivity index (χ1v) is 7.46. The van der Waals surface area contributed by atoms with Gasteiger partial charge in [0.25, 0.3) is 0 Å². The van der Waals surface area contributed by atoms with Gasteiger partial charge >= 0.3 is 0 Å². The Morgan fingerprint density at radius 1 is 1.00 bits per heavy atom. The number of aryl methyl sites for hydroxylation is 1. The van der Waals surface area contributed by atoms with Crippen molar-refractivity contribution in [1.29, 1.82) is 0 Å². The van der Waals surface area contributed by atoms with Crippen molar-refractivity contribution in [2.24, 2.45) is 5.73 Å². The van der Waals surface area contributed by atoms with Crippen LogP contribution < -0.4 is 16.1 Å². The van der Waals surface area contributed by atoms with Crippen LogP contribution in [0.2, 0.25) is 0 Å². The molecule has 0 aromatic heterocycles. The molecule has 0 fully saturated rings. The maximum Gasteiger partial charge on any atom is 0.186 e. The third-order valence-electron chi connectivity index (χ3n) is 4.63. The van der Waals surface area contributed by atoms with Gasteiger partial charge in [-0.15, -0.1) is 0 Å². The molecule has 4 heteroatoms. The summed E-state index contributed by atoms with van der Waals surface area (Å²) < 4.78 is 0.505. The van der Waals surface area contributed by atoms with Gasteiger partial charge in [0.2, 0.25) is 0 Å². The highest BCUT2D eigenvalue weighted by Gasteiger charge is 2.46. The Morgan fingerprint density at radius 2 is 1.68 bits per heavy atom. The number of allylic oxidation sites excluding steroid dienone is 1. The Balaban J connectivity index is 2.26. The molecule has 1 atom stereocenters. The average Bonchev–Trinajstić information content (AvgIpc) is 2.73. The minimum atomic E-state index is 0.505. The first kappa shape index (κ1) is 14.5. The molecule has 0 bridgehead atoms. The fourth-order valence-corrected chi connectivity index (χ4v) is 3.27. The second kappa shape index (κ2) is 5.07. The second-order valence-corrected chi connectivity index (χ2v) is 5.96. The highest BCUT2D eigenvalue weighted by Crippen LogP contribution is 2.45. The number of nitrogens with zero attached hydrogens (tertiary/aromatic N) is 2. The second-order valence-electron chi connectivity index (χ2n) is 5.96. The summed E-state index contributed by atoms with van der Waals surface area (Å²) in [4.78, 5) is 0. The summed E-state index contributed by atoms with van der Waals surface area (Å²) in [5.74, 6) is 0. The topological polar surface area (TPSA) is 55.3 Å². The molecule has 22 heavy (non-hydrogen) atoms. The molecule has 0 aliphatic carbocycles. The van der Waals surface area contributed by atoms with E-state index in [0.29, 0.717) is 11.1 Å². The minimum absolute atomic E-state index is 0.505. The van der Waals surface area contributed by atoms with Gasteiger partial charge in [-0.05, 0) is 25.5 Å². The Hall–Kier alpha value is -2.46. The van der Waals surface area contributed by atoms with Crippen LogP contribution in [0.5, 0.6) is 0 Å². The van der Waals surface area contributed by atoms with Crippen LogP contribution in [0, 0.1) is 6.92 Å². The van der Waals surface area contributed by atoms with Crippen molar-refractivity contribution in [3.05, 3.63) is 65.5 Å². The van der Waals surface area contributed by atoms with Crippen molar-refractivity contribution < 1.29 is 0 Å². The van der Waals surface area contributed by atoms with E-state index < -0.39 is 0 Å². The molecule has 0 spiro atoms. The largest absolute Gasteiger partial charge is 0.396 e. The molecule has 3 rings (SSSR count). The van der Waals surface area contributed by atoms with E-state index in [4.69, 9.17) is 11.5 Å². The third-order valence-corrected chi connectivity index (χ3v) is 4.63. The van der Waals surface area contributed by atoms with Gasteiger partial charge < -0.3 is 11.5 Å². The maximum absolute atomic E-state index is 6.38. The summed E-state index contributed by atoms with van der Waals surface area (Å²) in [5, 5.41) is 2.20. The molecular weight excluding hydrogens is 272 g/mol. The molecule has 4 N–H and O–H groups in total. The normalized spacial score (nSPS) is 21.5. The van der Waals surface area contributed by atoms with Gasteiger partial charge in [-0.2, -0.15) is 4.59 Å². The van der Waals surface area contributed by atoms with E-state index in [2.05, 4.69) is 62.3 Å². The SMILES string of the molecule is CC1=C(N)C[N+](c2ccccc2)(c2ccc(C)cc2N)N1C. The van der Waals surface area contributed by atoms with Crippen LogP contribution in [0.1, 0.15) is 12.5 Å². The van der Waals surface area contributed by atoms with Crippen LogP contribution in [-0.2, 0) is 0 Å². The van der Waals surface area contributed by atoms with Crippen LogP contribution in [0.3, 0.4) is 0 Å². The fourth-order valence-electron chi connectivity index (χ4n) is 3.27. The fraction of sp³-hybridized carbons (Fsp3) is 0.222. The lowest BCUT2D eigenvalue weighted by molar-refractivity contribution is 0.144. The summed E-state index contributed by atoms with van der Waals surface area (Å²) in [7, 11) is 2.07. The van der Waals surface area contributed by atoms with E-state index in [0.717, 1.165) is 34.0 Å². The number of hydrogen-bond donors (Lipinski definition) is 2. The number of benzene rings is 2. The van der Waals surface area contributed by atoms with Gasteiger partial charge in [0.1, 0.15) is 0 Å². The average molecular weight is 295 g/mol. The summed E-state index contributed by atoms with van der Waals surface area (Å²) in [6.45, 7) is 4.81. The molecule has 1 aliphatic rings. The van der Waals surface area contributed by atoms with Crippen LogP contribution >= 0.6 is 0 Å². The molecule has 0 radical (unpaired) electrons. The molecule has 1 aliphatic heterocycles. The number of quaternary nitrogens is 1. The van der Waals surface area contributed by atoms with Crippen molar-refractivity contribution in [3.8, 4) is 0 Å². The van der Waals surface area contributed by atoms with E-state index in [1.807, 2.05) is 12.1 Å². The van der Waals surface area contributed by atoms with Crippen molar-refractivity contribution in [2.45, 2.75) is 13.8 Å². The van der Waals surface area contributed by atoms with Crippen molar-refractivity contribution in [1.82, 2.24) is 9.60 Å². The van der Waals surface area contributed by atoms with Crippen molar-refractivity contribution >= 4 is 17.1 Å². The molecular formula is C18H23N4+. The molecule has 2 aromatic carbocycles. The monoisotopic (exact) mass is 295 g/mol. The summed E-state index contributed by atoms with van der Waals surface area (Å²) in [6, 6.07) is 16.6. The molecule has 2 aromatic rings. The van der Waals surface area contributed by atoms with Gasteiger partial charge in [0, 0.05) is 18.2 Å². The van der Waals surface area contributed by atoms with Gasteiger partial charge in [-0.25, -0.2) is 5.01 Å². The first-order valence-electron chi connectivity index (χ1n) is 7.46. The predicted octanol–water partition coefficient (Wildman–Crippen LogP) is 3.27.